The monoisotopic (exact) mass is 444 g/mol. The topological polar surface area (TPSA) is 15.3 Å². The molecule has 0 spiro atoms. The molecule has 1 aliphatic carbocycles. The molecule has 2 nitrogen and oxygen atoms in total. The van der Waals surface area contributed by atoms with E-state index >= 15 is 0 Å². The van der Waals surface area contributed by atoms with Crippen LogP contribution in [0.3, 0.4) is 0 Å². The molecule has 1 saturated heterocycles. The Morgan fingerprint density at radius 2 is 1.09 bits per heavy atom. The number of rotatable bonds is 4. The summed E-state index contributed by atoms with van der Waals surface area (Å²) in [6.45, 7) is 2.17. The Kier molecular flexibility index (Phi) is 5.78. The van der Waals surface area contributed by atoms with Crippen molar-refractivity contribution in [1.29, 1.82) is 0 Å². The molecule has 1 fully saturated rings. The van der Waals surface area contributed by atoms with Gasteiger partial charge in [0.25, 0.3) is 0 Å². The van der Waals surface area contributed by atoms with Crippen LogP contribution in [0, 0.1) is 0 Å². The lowest BCUT2D eigenvalue weighted by molar-refractivity contribution is 0.301. The Hall–Kier alpha value is -3.20. The standard InChI is InChI=1S/C32H32N2/c1-34-22-21-33-32(34)27-17-15-26(16-18-27)29-20-19-28(30-9-5-6-10-31(29)30)25-13-11-24(12-14-25)23-7-3-2-4-8-23/h2-18,28-29,32-33H,19-22H2,1H3. The van der Waals surface area contributed by atoms with Crippen LogP contribution in [-0.2, 0) is 0 Å². The van der Waals surface area contributed by atoms with Crippen LogP contribution in [0.25, 0.3) is 11.1 Å². The Labute approximate surface area is 203 Å². The predicted octanol–water partition coefficient (Wildman–Crippen LogP) is 6.94. The Morgan fingerprint density at radius 3 is 1.65 bits per heavy atom. The van der Waals surface area contributed by atoms with Crippen molar-refractivity contribution >= 4 is 0 Å². The number of hydrogen-bond acceptors (Lipinski definition) is 2. The van der Waals surface area contributed by atoms with Gasteiger partial charge in [-0.1, -0.05) is 103 Å². The highest BCUT2D eigenvalue weighted by molar-refractivity contribution is 5.64. The van der Waals surface area contributed by atoms with Crippen molar-refractivity contribution in [2.45, 2.75) is 30.8 Å². The highest BCUT2D eigenvalue weighted by atomic mass is 15.3. The van der Waals surface area contributed by atoms with Gasteiger partial charge in [-0.25, -0.2) is 0 Å². The summed E-state index contributed by atoms with van der Waals surface area (Å²) in [5, 5.41) is 3.60. The lowest BCUT2D eigenvalue weighted by atomic mass is 9.72. The maximum absolute atomic E-state index is 3.60. The molecule has 3 atom stereocenters. The molecule has 6 rings (SSSR count). The van der Waals surface area contributed by atoms with Crippen molar-refractivity contribution < 1.29 is 0 Å². The molecule has 0 saturated carbocycles. The summed E-state index contributed by atoms with van der Waals surface area (Å²) in [4.78, 5) is 2.39. The van der Waals surface area contributed by atoms with Crippen molar-refractivity contribution in [2.24, 2.45) is 0 Å². The van der Waals surface area contributed by atoms with Gasteiger partial charge < -0.3 is 0 Å². The summed E-state index contributed by atoms with van der Waals surface area (Å²) >= 11 is 0. The van der Waals surface area contributed by atoms with Crippen molar-refractivity contribution in [3.63, 3.8) is 0 Å². The molecule has 2 heteroatoms. The normalized spacial score (nSPS) is 22.4. The van der Waals surface area contributed by atoms with Crippen molar-refractivity contribution in [1.82, 2.24) is 10.2 Å². The molecule has 170 valence electrons. The molecule has 4 aromatic rings. The second-order valence-electron chi connectivity index (χ2n) is 9.80. The number of fused-ring (bicyclic) bond motifs is 1. The van der Waals surface area contributed by atoms with Gasteiger partial charge in [0.2, 0.25) is 0 Å². The number of benzene rings is 4. The zero-order valence-electron chi connectivity index (χ0n) is 19.8. The first-order valence-corrected chi connectivity index (χ1v) is 12.6. The summed E-state index contributed by atoms with van der Waals surface area (Å²) in [5.74, 6) is 0.937. The lowest BCUT2D eigenvalue weighted by Crippen LogP contribution is -2.23. The van der Waals surface area contributed by atoms with Gasteiger partial charge in [-0.15, -0.1) is 0 Å². The second kappa shape index (κ2) is 9.21. The molecule has 4 aromatic carbocycles. The van der Waals surface area contributed by atoms with Crippen LogP contribution in [0.2, 0.25) is 0 Å². The van der Waals surface area contributed by atoms with Gasteiger partial charge >= 0.3 is 0 Å². The van der Waals surface area contributed by atoms with Crippen LogP contribution in [0.4, 0.5) is 0 Å². The van der Waals surface area contributed by atoms with Gasteiger partial charge in [0, 0.05) is 24.9 Å². The highest BCUT2D eigenvalue weighted by Crippen LogP contribution is 2.45. The third-order valence-electron chi connectivity index (χ3n) is 7.81. The van der Waals surface area contributed by atoms with Crippen LogP contribution in [0.15, 0.2) is 103 Å². The molecule has 34 heavy (non-hydrogen) atoms. The number of nitrogens with one attached hydrogen (secondary N) is 1. The van der Waals surface area contributed by atoms with E-state index in [1.807, 2.05) is 0 Å². The average Bonchev–Trinajstić information content (AvgIpc) is 3.34. The predicted molar refractivity (Wildman–Crippen MR) is 141 cm³/mol. The molecular formula is C32H32N2. The molecular weight excluding hydrogens is 412 g/mol. The van der Waals surface area contributed by atoms with Gasteiger partial charge in [0.1, 0.15) is 0 Å². The Morgan fingerprint density at radius 1 is 0.588 bits per heavy atom. The van der Waals surface area contributed by atoms with E-state index in [-0.39, 0.29) is 0 Å². The first kappa shape index (κ1) is 21.3. The Bertz CT molecular complexity index is 1240. The fraction of sp³-hybridized carbons (Fsp3) is 0.250. The summed E-state index contributed by atoms with van der Waals surface area (Å²) < 4.78 is 0. The first-order chi connectivity index (χ1) is 16.8. The number of hydrogen-bond donors (Lipinski definition) is 1. The second-order valence-corrected chi connectivity index (χ2v) is 9.80. The summed E-state index contributed by atoms with van der Waals surface area (Å²) in [6, 6.07) is 38.4. The molecule has 0 bridgehead atoms. The fourth-order valence-electron chi connectivity index (χ4n) is 5.97. The molecule has 0 radical (unpaired) electrons. The highest BCUT2D eigenvalue weighted by Gasteiger charge is 2.29. The van der Waals surface area contributed by atoms with Crippen LogP contribution >= 0.6 is 0 Å². The van der Waals surface area contributed by atoms with Crippen LogP contribution in [-0.4, -0.2) is 25.0 Å². The summed E-state index contributed by atoms with van der Waals surface area (Å²) in [6.07, 6.45) is 2.71. The van der Waals surface area contributed by atoms with Gasteiger partial charge in [0.05, 0.1) is 6.17 Å². The van der Waals surface area contributed by atoms with Gasteiger partial charge in [-0.3, -0.25) is 10.2 Å². The van der Waals surface area contributed by atoms with E-state index in [1.54, 1.807) is 0 Å². The summed E-state index contributed by atoms with van der Waals surface area (Å²) in [7, 11) is 2.20. The van der Waals surface area contributed by atoms with Crippen LogP contribution in [0.1, 0.15) is 58.7 Å². The first-order valence-electron chi connectivity index (χ1n) is 12.6. The average molecular weight is 445 g/mol. The minimum Gasteiger partial charge on any atom is -0.297 e. The fourth-order valence-corrected chi connectivity index (χ4v) is 5.97. The van der Waals surface area contributed by atoms with Gasteiger partial charge in [-0.2, -0.15) is 0 Å². The smallest absolute Gasteiger partial charge is 0.0859 e. The van der Waals surface area contributed by atoms with E-state index < -0.39 is 0 Å². The largest absolute Gasteiger partial charge is 0.297 e. The zero-order valence-corrected chi connectivity index (χ0v) is 19.8. The molecule has 3 unspecified atom stereocenters. The quantitative estimate of drug-likeness (QED) is 0.367. The SMILES string of the molecule is CN1CCNC1c1ccc(C2CCC(c3ccc(-c4ccccc4)cc3)c3ccccc32)cc1. The molecule has 2 aliphatic rings. The third-order valence-corrected chi connectivity index (χ3v) is 7.81. The van der Waals surface area contributed by atoms with E-state index in [2.05, 4.69) is 120 Å². The zero-order chi connectivity index (χ0) is 22.9. The van der Waals surface area contributed by atoms with Crippen LogP contribution in [0.5, 0.6) is 0 Å². The lowest BCUT2D eigenvalue weighted by Gasteiger charge is -2.32. The van der Waals surface area contributed by atoms with Crippen molar-refractivity contribution in [2.75, 3.05) is 20.1 Å². The van der Waals surface area contributed by atoms with E-state index in [0.717, 1.165) is 13.1 Å². The van der Waals surface area contributed by atoms with Crippen molar-refractivity contribution in [3.05, 3.63) is 131 Å². The molecule has 0 amide bonds. The van der Waals surface area contributed by atoms with E-state index in [1.165, 1.54) is 51.8 Å². The third kappa shape index (κ3) is 3.98. The van der Waals surface area contributed by atoms with Gasteiger partial charge in [-0.05, 0) is 58.8 Å². The molecule has 1 N–H and O–H groups in total. The molecule has 0 aromatic heterocycles. The van der Waals surface area contributed by atoms with E-state index in [9.17, 15) is 0 Å². The molecule has 1 heterocycles. The minimum atomic E-state index is 0.343. The van der Waals surface area contributed by atoms with E-state index in [4.69, 9.17) is 0 Å². The number of nitrogens with zero attached hydrogens (tertiary/aromatic N) is 1. The van der Waals surface area contributed by atoms with E-state index in [0.29, 0.717) is 18.0 Å². The maximum Gasteiger partial charge on any atom is 0.0859 e. The Balaban J connectivity index is 1.27. The maximum atomic E-state index is 3.60. The van der Waals surface area contributed by atoms with Crippen molar-refractivity contribution in [3.8, 4) is 11.1 Å². The molecule has 1 aliphatic heterocycles. The summed E-state index contributed by atoms with van der Waals surface area (Å²) in [5.41, 5.74) is 9.78. The van der Waals surface area contributed by atoms with Gasteiger partial charge in [0.15, 0.2) is 0 Å². The number of likely N-dealkylation sites (N-methyl/N-ethyl adjacent to an activating group) is 1. The van der Waals surface area contributed by atoms with Crippen LogP contribution < -0.4 is 5.32 Å². The minimum absolute atomic E-state index is 0.343.